The van der Waals surface area contributed by atoms with Gasteiger partial charge in [0.2, 0.25) is 5.91 Å². The molecule has 2 amide bonds. The lowest BCUT2D eigenvalue weighted by atomic mass is 10.0. The second-order valence-corrected chi connectivity index (χ2v) is 9.95. The van der Waals surface area contributed by atoms with Crippen molar-refractivity contribution in [3.05, 3.63) is 51.9 Å². The Balaban J connectivity index is 1.41. The molecular weight excluding hydrogens is 464 g/mol. The van der Waals surface area contributed by atoms with Crippen LogP contribution in [0.15, 0.2) is 30.3 Å². The molecule has 1 aliphatic rings. The number of primary amides is 2. The maximum atomic E-state index is 11.8. The third kappa shape index (κ3) is 5.39. The van der Waals surface area contributed by atoms with Crippen molar-refractivity contribution < 1.29 is 14.7 Å². The molecule has 0 saturated carbocycles. The molecule has 186 valence electrons. The van der Waals surface area contributed by atoms with Crippen LogP contribution in [0.25, 0.3) is 10.2 Å². The number of thiophene rings is 1. The standard InChI is InChI=1S/C25H32N6O3S/c1-2-4-15-12-19(30-25-20(15)21(26)22(35-25)24(28)34)31-9-7-17(8-10-31)29-13-18(32)14-5-3-6-16(11-14)23(27)33/h3,5-6,11-12,17-18,29,32H,2,4,7-10,13,26H2,1H3,(H2,27,33)(H2,28,34). The van der Waals surface area contributed by atoms with Crippen molar-refractivity contribution in [1.29, 1.82) is 0 Å². The number of piperidine rings is 1. The van der Waals surface area contributed by atoms with Gasteiger partial charge in [0.25, 0.3) is 5.91 Å². The van der Waals surface area contributed by atoms with Crippen LogP contribution in [0.4, 0.5) is 11.5 Å². The monoisotopic (exact) mass is 496 g/mol. The number of nitrogen functional groups attached to an aromatic ring is 1. The van der Waals surface area contributed by atoms with Crippen LogP contribution in [0.3, 0.4) is 0 Å². The lowest BCUT2D eigenvalue weighted by molar-refractivity contribution is 0.0993. The zero-order valence-electron chi connectivity index (χ0n) is 19.8. The minimum absolute atomic E-state index is 0.262. The largest absolute Gasteiger partial charge is 0.397 e. The Bertz CT molecular complexity index is 1240. The molecule has 1 aromatic carbocycles. The molecule has 1 fully saturated rings. The summed E-state index contributed by atoms with van der Waals surface area (Å²) in [7, 11) is 0. The van der Waals surface area contributed by atoms with Crippen molar-refractivity contribution in [2.75, 3.05) is 30.3 Å². The second kappa shape index (κ2) is 10.6. The lowest BCUT2D eigenvalue weighted by Gasteiger charge is -2.34. The second-order valence-electron chi connectivity index (χ2n) is 8.95. The number of fused-ring (bicyclic) bond motifs is 1. The van der Waals surface area contributed by atoms with Gasteiger partial charge < -0.3 is 32.5 Å². The van der Waals surface area contributed by atoms with E-state index in [9.17, 15) is 14.7 Å². The summed E-state index contributed by atoms with van der Waals surface area (Å²) in [4.78, 5) is 31.4. The Morgan fingerprint density at radius 2 is 1.97 bits per heavy atom. The summed E-state index contributed by atoms with van der Waals surface area (Å²) in [5.74, 6) is -0.144. The number of hydrogen-bond donors (Lipinski definition) is 5. The molecule has 0 bridgehead atoms. The molecule has 1 saturated heterocycles. The fourth-order valence-electron chi connectivity index (χ4n) is 4.60. The molecule has 10 heteroatoms. The third-order valence-electron chi connectivity index (χ3n) is 6.48. The number of rotatable bonds is 9. The van der Waals surface area contributed by atoms with Crippen molar-refractivity contribution in [3.63, 3.8) is 0 Å². The Morgan fingerprint density at radius 3 is 2.63 bits per heavy atom. The molecule has 0 spiro atoms. The molecule has 9 nitrogen and oxygen atoms in total. The summed E-state index contributed by atoms with van der Waals surface area (Å²) in [6, 6.07) is 9.13. The number of nitrogens with two attached hydrogens (primary N) is 3. The van der Waals surface area contributed by atoms with Crippen molar-refractivity contribution in [2.24, 2.45) is 11.5 Å². The van der Waals surface area contributed by atoms with Crippen molar-refractivity contribution in [2.45, 2.75) is 44.8 Å². The van der Waals surface area contributed by atoms with Gasteiger partial charge in [-0.25, -0.2) is 4.98 Å². The van der Waals surface area contributed by atoms with Crippen molar-refractivity contribution in [1.82, 2.24) is 10.3 Å². The number of amides is 2. The Morgan fingerprint density at radius 1 is 1.23 bits per heavy atom. The van der Waals surface area contributed by atoms with Gasteiger partial charge in [0.05, 0.1) is 11.8 Å². The van der Waals surface area contributed by atoms with Gasteiger partial charge in [0.1, 0.15) is 15.5 Å². The van der Waals surface area contributed by atoms with Crippen molar-refractivity contribution in [3.8, 4) is 0 Å². The van der Waals surface area contributed by atoms with E-state index >= 15 is 0 Å². The van der Waals surface area contributed by atoms with E-state index in [4.69, 9.17) is 22.2 Å². The predicted molar refractivity (Wildman–Crippen MR) is 140 cm³/mol. The summed E-state index contributed by atoms with van der Waals surface area (Å²) in [5, 5.41) is 14.8. The van der Waals surface area contributed by atoms with Gasteiger partial charge in [-0.05, 0) is 48.6 Å². The SMILES string of the molecule is CCCc1cc(N2CCC(NCC(O)c3cccc(C(N)=O)c3)CC2)nc2sc(C(N)=O)c(N)c12. The van der Waals surface area contributed by atoms with Gasteiger partial charge in [0, 0.05) is 36.6 Å². The maximum absolute atomic E-state index is 11.8. The number of pyridine rings is 1. The van der Waals surface area contributed by atoms with Crippen LogP contribution in [0, 0.1) is 0 Å². The molecule has 4 rings (SSSR count). The van der Waals surface area contributed by atoms with Crippen LogP contribution in [0.2, 0.25) is 0 Å². The molecule has 3 aromatic rings. The zero-order chi connectivity index (χ0) is 25.1. The van der Waals surface area contributed by atoms with E-state index in [-0.39, 0.29) is 6.04 Å². The summed E-state index contributed by atoms with van der Waals surface area (Å²) < 4.78 is 0. The number of nitrogens with one attached hydrogen (secondary N) is 1. The van der Waals surface area contributed by atoms with Crippen LogP contribution in [-0.2, 0) is 6.42 Å². The summed E-state index contributed by atoms with van der Waals surface area (Å²) in [5.41, 5.74) is 19.7. The smallest absolute Gasteiger partial charge is 0.260 e. The van der Waals surface area contributed by atoms with Crippen molar-refractivity contribution >= 4 is 44.9 Å². The molecule has 0 aliphatic carbocycles. The zero-order valence-corrected chi connectivity index (χ0v) is 20.6. The van der Waals surface area contributed by atoms with Gasteiger partial charge in [0.15, 0.2) is 0 Å². The molecule has 1 atom stereocenters. The first-order valence-electron chi connectivity index (χ1n) is 11.9. The van der Waals surface area contributed by atoms with E-state index in [1.807, 2.05) is 0 Å². The minimum Gasteiger partial charge on any atom is -0.397 e. The normalized spacial score (nSPS) is 15.4. The molecule has 1 unspecified atom stereocenters. The number of carbonyl (C=O) groups is 2. The number of anilines is 2. The van der Waals surface area contributed by atoms with Gasteiger partial charge in [-0.1, -0.05) is 25.5 Å². The highest BCUT2D eigenvalue weighted by Crippen LogP contribution is 2.37. The summed E-state index contributed by atoms with van der Waals surface area (Å²) >= 11 is 1.26. The first kappa shape index (κ1) is 24.9. The third-order valence-corrected chi connectivity index (χ3v) is 7.60. The fourth-order valence-corrected chi connectivity index (χ4v) is 5.59. The molecule has 35 heavy (non-hydrogen) atoms. The average Bonchev–Trinajstić information content (AvgIpc) is 3.20. The van der Waals surface area contributed by atoms with Gasteiger partial charge in [-0.3, -0.25) is 9.59 Å². The first-order chi connectivity index (χ1) is 16.8. The number of nitrogens with zero attached hydrogens (tertiary/aromatic N) is 2. The molecule has 2 aromatic heterocycles. The maximum Gasteiger partial charge on any atom is 0.260 e. The molecule has 0 radical (unpaired) electrons. The Kier molecular flexibility index (Phi) is 7.54. The predicted octanol–water partition coefficient (Wildman–Crippen LogP) is 2.32. The summed E-state index contributed by atoms with van der Waals surface area (Å²) in [6.45, 7) is 4.14. The van der Waals surface area contributed by atoms with Gasteiger partial charge >= 0.3 is 0 Å². The van der Waals surface area contributed by atoms with Crippen LogP contribution in [-0.4, -0.2) is 47.6 Å². The molecule has 8 N–H and O–H groups in total. The molecule has 1 aliphatic heterocycles. The Hall–Kier alpha value is -3.21. The summed E-state index contributed by atoms with van der Waals surface area (Å²) in [6.07, 6.45) is 2.87. The topological polar surface area (TPSA) is 161 Å². The molecular formula is C25H32N6O3S. The highest BCUT2D eigenvalue weighted by Gasteiger charge is 2.24. The van der Waals surface area contributed by atoms with E-state index in [0.717, 1.165) is 60.4 Å². The minimum atomic E-state index is -0.725. The van der Waals surface area contributed by atoms with Crippen LogP contribution in [0.5, 0.6) is 0 Å². The van der Waals surface area contributed by atoms with E-state index in [1.165, 1.54) is 11.3 Å². The number of benzene rings is 1. The number of aryl methyl sites for hydroxylation is 1. The number of aliphatic hydroxyl groups excluding tert-OH is 1. The van der Waals surface area contributed by atoms with Crippen LogP contribution >= 0.6 is 11.3 Å². The van der Waals surface area contributed by atoms with E-state index < -0.39 is 17.9 Å². The van der Waals surface area contributed by atoms with E-state index in [2.05, 4.69) is 23.2 Å². The number of hydrogen-bond acceptors (Lipinski definition) is 8. The van der Waals surface area contributed by atoms with Gasteiger partial charge in [-0.15, -0.1) is 11.3 Å². The Labute approximate surface area is 208 Å². The highest BCUT2D eigenvalue weighted by atomic mass is 32.1. The van der Waals surface area contributed by atoms with Crippen LogP contribution in [0.1, 0.15) is 63.4 Å². The van der Waals surface area contributed by atoms with Gasteiger partial charge in [-0.2, -0.15) is 0 Å². The average molecular weight is 497 g/mol. The van der Waals surface area contributed by atoms with E-state index in [1.54, 1.807) is 24.3 Å². The number of aliphatic hydroxyl groups is 1. The lowest BCUT2D eigenvalue weighted by Crippen LogP contribution is -2.44. The fraction of sp³-hybridized carbons (Fsp3) is 0.400. The first-order valence-corrected chi connectivity index (χ1v) is 12.7. The molecule has 3 heterocycles. The van der Waals surface area contributed by atoms with Crippen LogP contribution < -0.4 is 27.4 Å². The number of carbonyl (C=O) groups excluding carboxylic acids is 2. The van der Waals surface area contributed by atoms with E-state index in [0.29, 0.717) is 28.2 Å². The number of aromatic nitrogens is 1. The quantitative estimate of drug-likeness (QED) is 0.304. The highest BCUT2D eigenvalue weighted by molar-refractivity contribution is 7.21.